The van der Waals surface area contributed by atoms with Gasteiger partial charge in [0.25, 0.3) is 12.0 Å². The molecule has 0 unspecified atom stereocenters. The summed E-state index contributed by atoms with van der Waals surface area (Å²) < 4.78 is 48.4. The zero-order chi connectivity index (χ0) is 51.6. The summed E-state index contributed by atoms with van der Waals surface area (Å²) in [4.78, 5) is 9.44. The van der Waals surface area contributed by atoms with Crippen molar-refractivity contribution in [2.75, 3.05) is 26.4 Å². The van der Waals surface area contributed by atoms with Gasteiger partial charge in [-0.3, -0.25) is 10.2 Å². The van der Waals surface area contributed by atoms with Crippen molar-refractivity contribution in [3.05, 3.63) is 123 Å². The number of nitrogens with two attached hydrogens (primary N) is 2. The van der Waals surface area contributed by atoms with Crippen molar-refractivity contribution in [3.8, 4) is 45.6 Å². The number of nitrogens with one attached hydrogen (secondary N) is 2. The number of benzene rings is 4. The molecule has 2 spiro atoms. The molecule has 6 N–H and O–H groups in total. The van der Waals surface area contributed by atoms with Gasteiger partial charge in [-0.2, -0.15) is 10.2 Å². The SMILES string of the molecule is CC(C)(C)COc1ccc2c(c1)[C@@]1(COC(N)=N1)c1cc(Br)ccc1O2.Cc1[nH]ncc1-c1ccc2c(c1)[C@@]1(COC(N)=N1)c1cc(OCC(C)(C)C)ccc1O2.Cc1[nH]ncc1B1OC(C)(C)C(C)(C)O1. The van der Waals surface area contributed by atoms with Crippen molar-refractivity contribution in [1.29, 1.82) is 0 Å². The quantitative estimate of drug-likeness (QED) is 0.115. The molecular weight excluding hydrogens is 979 g/mol. The van der Waals surface area contributed by atoms with Gasteiger partial charge in [-0.05, 0) is 125 Å². The van der Waals surface area contributed by atoms with Gasteiger partial charge < -0.3 is 49.2 Å². The number of hydrogen-bond acceptors (Lipinski definition) is 14. The molecule has 11 rings (SSSR count). The van der Waals surface area contributed by atoms with E-state index in [4.69, 9.17) is 54.2 Å². The van der Waals surface area contributed by atoms with Crippen LogP contribution in [-0.4, -0.2) is 77.2 Å². The third-order valence-corrected chi connectivity index (χ3v) is 13.9. The van der Waals surface area contributed by atoms with E-state index in [0.717, 1.165) is 89.2 Å². The van der Waals surface area contributed by atoms with Gasteiger partial charge in [0.15, 0.2) is 11.1 Å². The van der Waals surface area contributed by atoms with Gasteiger partial charge >= 0.3 is 7.12 Å². The monoisotopic (exact) mass is 1040 g/mol. The molecule has 2 aromatic heterocycles. The Morgan fingerprint density at radius 2 is 1.06 bits per heavy atom. The van der Waals surface area contributed by atoms with Gasteiger partial charge in [0.05, 0.1) is 30.6 Å². The van der Waals surface area contributed by atoms with Crippen LogP contribution in [0.2, 0.25) is 0 Å². The Hall–Kier alpha value is -6.50. The van der Waals surface area contributed by atoms with E-state index in [9.17, 15) is 0 Å². The molecule has 5 aliphatic rings. The first-order valence-corrected chi connectivity index (χ1v) is 24.8. The maximum atomic E-state index is 6.26. The molecule has 7 heterocycles. The fraction of sp³-hybridized carbons (Fsp3) is 0.407. The molecular formula is C54H64BBrN8O8. The van der Waals surface area contributed by atoms with E-state index in [2.05, 4.69) is 88.9 Å². The van der Waals surface area contributed by atoms with Crippen molar-refractivity contribution in [3.63, 3.8) is 0 Å². The molecule has 6 aromatic rings. The third-order valence-electron chi connectivity index (χ3n) is 13.4. The number of hydrogen-bond donors (Lipinski definition) is 4. The molecule has 0 bridgehead atoms. The molecule has 1 fully saturated rings. The molecule has 0 saturated carbocycles. The van der Waals surface area contributed by atoms with Crippen molar-refractivity contribution in [2.24, 2.45) is 32.3 Å². The zero-order valence-electron chi connectivity index (χ0n) is 43.1. The highest BCUT2D eigenvalue weighted by molar-refractivity contribution is 9.10. The molecule has 1 saturated heterocycles. The van der Waals surface area contributed by atoms with Crippen molar-refractivity contribution >= 4 is 40.6 Å². The topological polar surface area (TPSA) is 208 Å². The minimum atomic E-state index is -0.790. The number of ether oxygens (including phenoxy) is 6. The predicted octanol–water partition coefficient (Wildman–Crippen LogP) is 10.1. The standard InChI is InChI=1S/C24H26N4O3.C20H21BrN2O3.C10H17BN2O2/c1-14-17(11-26-28-14)15-5-7-20-18(9-15)24(13-30-22(25)27-24)19-10-16(6-8-21(19)31-20)29-12-23(2,3)4;1-19(2,3)10-24-13-5-7-17-15(9-13)20(11-25-18(22)23-20)14-8-12(21)4-6-16(14)26-17;1-7-8(6-12-13-7)11-14-9(2,3)10(4,5)15-11/h5-11H,12-13H2,1-4H3,(H2,25,27)(H,26,28);4-9H,10-11H2,1-3H3,(H2,22,23);6H,1-5H3,(H,12,13)/t24-;20-;/m01./s1. The number of aromatic amines is 2. The summed E-state index contributed by atoms with van der Waals surface area (Å²) in [6, 6.07) is 24.0. The maximum absolute atomic E-state index is 6.26. The van der Waals surface area contributed by atoms with Crippen LogP contribution in [0, 0.1) is 24.7 Å². The number of amidine groups is 2. The molecule has 0 aliphatic carbocycles. The highest BCUT2D eigenvalue weighted by Gasteiger charge is 2.53. The summed E-state index contributed by atoms with van der Waals surface area (Å²) in [6.45, 7) is 26.8. The summed E-state index contributed by atoms with van der Waals surface area (Å²) in [5, 5.41) is 14.0. The molecule has 16 nitrogen and oxygen atoms in total. The number of H-pyrrole nitrogens is 2. The summed E-state index contributed by atoms with van der Waals surface area (Å²) in [7, 11) is -0.311. The lowest BCUT2D eigenvalue weighted by Crippen LogP contribution is -2.41. The van der Waals surface area contributed by atoms with Crippen LogP contribution in [0.15, 0.2) is 99.6 Å². The van der Waals surface area contributed by atoms with Crippen LogP contribution in [-0.2, 0) is 29.9 Å². The smallest absolute Gasteiger partial charge is 0.493 e. The Morgan fingerprint density at radius 3 is 1.49 bits per heavy atom. The Balaban J connectivity index is 0.000000141. The summed E-state index contributed by atoms with van der Waals surface area (Å²) in [6.07, 6.45) is 3.58. The summed E-state index contributed by atoms with van der Waals surface area (Å²) in [5.41, 5.74) is 18.6. The first-order valence-electron chi connectivity index (χ1n) is 24.0. The van der Waals surface area contributed by atoms with Crippen LogP contribution in [0.5, 0.6) is 34.5 Å². The Bertz CT molecular complexity index is 3070. The van der Waals surface area contributed by atoms with Gasteiger partial charge in [0.1, 0.15) is 47.7 Å². The molecule has 72 heavy (non-hydrogen) atoms. The van der Waals surface area contributed by atoms with Gasteiger partial charge in [0.2, 0.25) is 0 Å². The molecule has 4 aromatic carbocycles. The Kier molecular flexibility index (Phi) is 13.0. The highest BCUT2D eigenvalue weighted by atomic mass is 79.9. The molecule has 2 atom stereocenters. The lowest BCUT2D eigenvalue weighted by Gasteiger charge is -2.34. The molecule has 0 radical (unpaired) electrons. The van der Waals surface area contributed by atoms with E-state index in [0.29, 0.717) is 26.4 Å². The minimum absolute atomic E-state index is 0.0487. The number of aliphatic imine (C=N–C) groups is 2. The van der Waals surface area contributed by atoms with E-state index >= 15 is 0 Å². The van der Waals surface area contributed by atoms with Gasteiger partial charge in [-0.1, -0.05) is 63.5 Å². The molecule has 0 amide bonds. The maximum Gasteiger partial charge on any atom is 0.498 e. The first-order chi connectivity index (χ1) is 33.9. The first kappa shape index (κ1) is 50.4. The minimum Gasteiger partial charge on any atom is -0.493 e. The fourth-order valence-corrected chi connectivity index (χ4v) is 9.16. The van der Waals surface area contributed by atoms with Crippen LogP contribution >= 0.6 is 15.9 Å². The Morgan fingerprint density at radius 1 is 0.611 bits per heavy atom. The molecule has 5 aliphatic heterocycles. The van der Waals surface area contributed by atoms with Crippen molar-refractivity contribution in [2.45, 2.75) is 105 Å². The second-order valence-electron chi connectivity index (χ2n) is 22.2. The number of aryl methyl sites for hydroxylation is 2. The highest BCUT2D eigenvalue weighted by Crippen LogP contribution is 2.54. The van der Waals surface area contributed by atoms with Gasteiger partial charge in [-0.25, -0.2) is 9.98 Å². The van der Waals surface area contributed by atoms with E-state index in [-0.39, 0.29) is 41.2 Å². The number of fused-ring (bicyclic) bond motifs is 8. The number of nitrogens with zero attached hydrogens (tertiary/aromatic N) is 4. The fourth-order valence-electron chi connectivity index (χ4n) is 8.80. The van der Waals surface area contributed by atoms with Crippen molar-refractivity contribution in [1.82, 2.24) is 20.4 Å². The second kappa shape index (κ2) is 18.5. The van der Waals surface area contributed by atoms with E-state index in [1.807, 2.05) is 114 Å². The second-order valence-corrected chi connectivity index (χ2v) is 23.1. The Labute approximate surface area is 429 Å². The number of aromatic nitrogens is 4. The van der Waals surface area contributed by atoms with E-state index < -0.39 is 11.1 Å². The lowest BCUT2D eigenvalue weighted by atomic mass is 9.79. The number of halogens is 1. The van der Waals surface area contributed by atoms with Crippen LogP contribution in [0.1, 0.15) is 103 Å². The molecule has 378 valence electrons. The van der Waals surface area contributed by atoms with Crippen LogP contribution < -0.4 is 35.9 Å². The zero-order valence-corrected chi connectivity index (χ0v) is 44.7. The van der Waals surface area contributed by atoms with E-state index in [1.165, 1.54) is 0 Å². The summed E-state index contributed by atoms with van der Waals surface area (Å²) in [5.74, 6) is 4.51. The summed E-state index contributed by atoms with van der Waals surface area (Å²) >= 11 is 3.54. The third kappa shape index (κ3) is 9.88. The average Bonchev–Trinajstić information content (AvgIpc) is 4.15. The van der Waals surface area contributed by atoms with Crippen LogP contribution in [0.4, 0.5) is 0 Å². The van der Waals surface area contributed by atoms with E-state index in [1.54, 1.807) is 6.20 Å². The van der Waals surface area contributed by atoms with Gasteiger partial charge in [0, 0.05) is 55.3 Å². The predicted molar refractivity (Wildman–Crippen MR) is 282 cm³/mol. The normalized spacial score (nSPS) is 20.7. The number of rotatable bonds is 6. The largest absolute Gasteiger partial charge is 0.498 e. The van der Waals surface area contributed by atoms with Crippen molar-refractivity contribution < 1.29 is 37.7 Å². The molecule has 18 heteroatoms. The average molecular weight is 1040 g/mol. The lowest BCUT2D eigenvalue weighted by molar-refractivity contribution is 0.00578. The van der Waals surface area contributed by atoms with Crippen LogP contribution in [0.25, 0.3) is 11.1 Å². The van der Waals surface area contributed by atoms with Gasteiger partial charge in [-0.15, -0.1) is 0 Å². The van der Waals surface area contributed by atoms with Crippen LogP contribution in [0.3, 0.4) is 0 Å².